The molecule has 0 bridgehead atoms. The highest BCUT2D eigenvalue weighted by atomic mass is 32.2. The zero-order chi connectivity index (χ0) is 13.5. The zero-order valence-electron chi connectivity index (χ0n) is 10.2. The number of carbonyl (C=O) groups is 1. The van der Waals surface area contributed by atoms with E-state index in [2.05, 4.69) is 5.32 Å². The molecule has 18 heavy (non-hydrogen) atoms. The Morgan fingerprint density at radius 1 is 1.56 bits per heavy atom. The maximum absolute atomic E-state index is 12.0. The predicted molar refractivity (Wildman–Crippen MR) is 68.3 cm³/mol. The van der Waals surface area contributed by atoms with Gasteiger partial charge in [-0.15, -0.1) is 11.8 Å². The minimum absolute atomic E-state index is 0.113. The Morgan fingerprint density at radius 2 is 2.22 bits per heavy atom. The van der Waals surface area contributed by atoms with Gasteiger partial charge in [0, 0.05) is 17.7 Å². The van der Waals surface area contributed by atoms with Gasteiger partial charge in [0.2, 0.25) is 5.91 Å². The molecule has 1 amide bonds. The van der Waals surface area contributed by atoms with Crippen LogP contribution < -0.4 is 15.3 Å². The van der Waals surface area contributed by atoms with Gasteiger partial charge in [-0.1, -0.05) is 0 Å². The lowest BCUT2D eigenvalue weighted by atomic mass is 10.0. The highest BCUT2D eigenvalue weighted by molar-refractivity contribution is 8.00. The summed E-state index contributed by atoms with van der Waals surface area (Å²) in [6.45, 7) is 1.77. The van der Waals surface area contributed by atoms with E-state index in [0.717, 1.165) is 0 Å². The molecule has 0 saturated carbocycles. The van der Waals surface area contributed by atoms with Gasteiger partial charge in [0.1, 0.15) is 10.5 Å². The van der Waals surface area contributed by atoms with Crippen LogP contribution in [0.1, 0.15) is 12.5 Å². The fourth-order valence-electron chi connectivity index (χ4n) is 1.96. The molecule has 0 fully saturated rings. The topological polar surface area (TPSA) is 86.1 Å². The van der Waals surface area contributed by atoms with Crippen LogP contribution >= 0.6 is 11.8 Å². The molecular weight excluding hydrogens is 256 g/mol. The van der Waals surface area contributed by atoms with Crippen molar-refractivity contribution in [3.63, 3.8) is 0 Å². The average molecular weight is 270 g/mol. The molecule has 0 radical (unpaired) electrons. The molecule has 1 heterocycles. The first-order valence-corrected chi connectivity index (χ1v) is 6.49. The second-order valence-corrected chi connectivity index (χ2v) is 5.32. The first kappa shape index (κ1) is 13.2. The summed E-state index contributed by atoms with van der Waals surface area (Å²) < 4.78 is 4.36. The first-order valence-electron chi connectivity index (χ1n) is 5.26. The summed E-state index contributed by atoms with van der Waals surface area (Å²) >= 11 is 1.36. The number of quaternary nitrogens is 1. The summed E-state index contributed by atoms with van der Waals surface area (Å²) in [4.78, 5) is 12.0. The normalized spacial score (nSPS) is 23.5. The van der Waals surface area contributed by atoms with Crippen molar-refractivity contribution < 1.29 is 20.0 Å². The summed E-state index contributed by atoms with van der Waals surface area (Å²) in [7, 11) is 1.45. The number of anilines is 1. The summed E-state index contributed by atoms with van der Waals surface area (Å²) in [6.07, 6.45) is 1.81. The summed E-state index contributed by atoms with van der Waals surface area (Å²) in [5.41, 5.74) is 1.32. The smallest absolute Gasteiger partial charge is 0.245 e. The Morgan fingerprint density at radius 3 is 2.72 bits per heavy atom. The predicted octanol–water partition coefficient (Wildman–Crippen LogP) is 0.629. The quantitative estimate of drug-likeness (QED) is 0.701. The molecule has 1 aliphatic rings. The molecule has 0 spiro atoms. The Kier molecular flexibility index (Phi) is 3.24. The minimum atomic E-state index is -1.04. The minimum Gasteiger partial charge on any atom is -0.595 e. The van der Waals surface area contributed by atoms with Crippen molar-refractivity contribution in [3.05, 3.63) is 22.9 Å². The second-order valence-electron chi connectivity index (χ2n) is 4.10. The van der Waals surface area contributed by atoms with Gasteiger partial charge in [0.15, 0.2) is 5.69 Å². The van der Waals surface area contributed by atoms with Crippen molar-refractivity contribution in [2.75, 3.05) is 18.7 Å². The van der Waals surface area contributed by atoms with Crippen LogP contribution in [0.5, 0.6) is 5.75 Å². The van der Waals surface area contributed by atoms with E-state index in [4.69, 9.17) is 9.94 Å². The molecule has 2 atom stereocenters. The third-order valence-corrected chi connectivity index (χ3v) is 4.38. The van der Waals surface area contributed by atoms with Crippen molar-refractivity contribution in [3.8, 4) is 5.75 Å². The number of carbonyl (C=O) groups excluding carboxylic acids is 1. The molecule has 0 aliphatic carbocycles. The van der Waals surface area contributed by atoms with Crippen LogP contribution in [0, 0.1) is 5.21 Å². The van der Waals surface area contributed by atoms with Gasteiger partial charge in [0.25, 0.3) is 0 Å². The van der Waals surface area contributed by atoms with E-state index in [1.165, 1.54) is 31.0 Å². The van der Waals surface area contributed by atoms with Crippen LogP contribution in [0.15, 0.2) is 12.1 Å². The zero-order valence-corrected chi connectivity index (χ0v) is 11.1. The second kappa shape index (κ2) is 4.43. The number of nitrogens with one attached hydrogen (secondary N) is 2. The molecule has 7 heteroatoms. The number of hydrogen-bond acceptors (Lipinski definition) is 5. The third-order valence-electron chi connectivity index (χ3n) is 3.16. The number of rotatable bonds is 3. The Hall–Kier alpha value is -1.28. The van der Waals surface area contributed by atoms with Crippen LogP contribution in [0.25, 0.3) is 0 Å². The maximum Gasteiger partial charge on any atom is 0.245 e. The molecule has 3 N–H and O–H groups in total. The number of hydrogen-bond donors (Lipinski definition) is 3. The maximum atomic E-state index is 12.0. The molecule has 6 nitrogen and oxygen atoms in total. The van der Waals surface area contributed by atoms with E-state index in [1.807, 2.05) is 6.26 Å². The average Bonchev–Trinajstić information content (AvgIpc) is 2.61. The lowest BCUT2D eigenvalue weighted by molar-refractivity contribution is -0.991. The largest absolute Gasteiger partial charge is 0.595 e. The van der Waals surface area contributed by atoms with Gasteiger partial charge in [0.05, 0.1) is 12.8 Å². The molecule has 1 aromatic carbocycles. The summed E-state index contributed by atoms with van der Waals surface area (Å²) in [5.74, 6) is 0.210. The lowest BCUT2D eigenvalue weighted by Gasteiger charge is -2.21. The van der Waals surface area contributed by atoms with E-state index in [9.17, 15) is 10.0 Å². The van der Waals surface area contributed by atoms with Crippen molar-refractivity contribution in [2.24, 2.45) is 0 Å². The first-order chi connectivity index (χ1) is 8.43. The van der Waals surface area contributed by atoms with E-state index in [0.29, 0.717) is 17.0 Å². The van der Waals surface area contributed by atoms with E-state index in [-0.39, 0.29) is 11.6 Å². The van der Waals surface area contributed by atoms with E-state index in [1.54, 1.807) is 6.92 Å². The number of methoxy groups -OCH3 is 1. The van der Waals surface area contributed by atoms with Crippen molar-refractivity contribution in [1.29, 1.82) is 0 Å². The van der Waals surface area contributed by atoms with Crippen LogP contribution in [0.2, 0.25) is 0 Å². The van der Waals surface area contributed by atoms with Gasteiger partial charge in [-0.3, -0.25) is 4.79 Å². The van der Waals surface area contributed by atoms with E-state index >= 15 is 0 Å². The molecular formula is C11H14N2O4S. The van der Waals surface area contributed by atoms with Crippen LogP contribution in [-0.4, -0.2) is 24.5 Å². The number of amides is 1. The van der Waals surface area contributed by atoms with Gasteiger partial charge < -0.3 is 15.3 Å². The number of thioether (sulfide) groups is 1. The number of ether oxygens (including phenoxy) is 1. The molecule has 98 valence electrons. The molecule has 0 saturated heterocycles. The fraction of sp³-hybridized carbons (Fsp3) is 0.364. The third kappa shape index (κ3) is 1.76. The molecule has 2 unspecified atom stereocenters. The fourth-order valence-corrected chi connectivity index (χ4v) is 2.58. The van der Waals surface area contributed by atoms with Crippen molar-refractivity contribution in [2.45, 2.75) is 11.7 Å². The molecule has 0 aromatic heterocycles. The lowest BCUT2D eigenvalue weighted by Crippen LogP contribution is -2.99. The SMILES string of the molecule is COc1cc([NH+]([O-])O)cc2c1NC(=O)C2(C)SC. The van der Waals surface area contributed by atoms with Gasteiger partial charge >= 0.3 is 0 Å². The molecule has 2 rings (SSSR count). The molecule has 1 aromatic rings. The van der Waals surface area contributed by atoms with Crippen molar-refractivity contribution >= 4 is 29.0 Å². The van der Waals surface area contributed by atoms with Gasteiger partial charge in [-0.25, -0.2) is 5.21 Å². The number of benzene rings is 1. The standard InChI is InChI=1S/C11H14N2O4S/c1-11(18-3)7-4-6(13(15)16)5-8(17-2)9(7)12-10(11)14/h4-5,13,15H,1-3H3,(H,12,14). The Balaban J connectivity index is 2.67. The summed E-state index contributed by atoms with van der Waals surface area (Å²) in [5, 5.41) is 21.9. The van der Waals surface area contributed by atoms with Crippen LogP contribution in [0.3, 0.4) is 0 Å². The molecule has 1 aliphatic heterocycles. The number of fused-ring (bicyclic) bond motifs is 1. The van der Waals surface area contributed by atoms with Crippen molar-refractivity contribution in [1.82, 2.24) is 0 Å². The van der Waals surface area contributed by atoms with Crippen LogP contribution in [-0.2, 0) is 9.54 Å². The van der Waals surface area contributed by atoms with Crippen LogP contribution in [0.4, 0.5) is 11.4 Å². The van der Waals surface area contributed by atoms with Gasteiger partial charge in [-0.2, -0.15) is 5.23 Å². The Bertz CT molecular complexity index is 506. The monoisotopic (exact) mass is 270 g/mol. The Labute approximate surface area is 108 Å². The highest BCUT2D eigenvalue weighted by Gasteiger charge is 2.44. The van der Waals surface area contributed by atoms with E-state index < -0.39 is 9.97 Å². The van der Waals surface area contributed by atoms with Gasteiger partial charge in [-0.05, 0) is 13.2 Å². The summed E-state index contributed by atoms with van der Waals surface area (Å²) in [6, 6.07) is 2.93. The highest BCUT2D eigenvalue weighted by Crippen LogP contribution is 2.49.